The maximum absolute atomic E-state index is 12.1. The molecule has 0 aliphatic carbocycles. The Morgan fingerprint density at radius 3 is 2.79 bits per heavy atom. The second-order valence-corrected chi connectivity index (χ2v) is 6.53. The lowest BCUT2D eigenvalue weighted by molar-refractivity contribution is -0.116. The molecule has 1 amide bonds. The van der Waals surface area contributed by atoms with E-state index in [4.69, 9.17) is 20.8 Å². The Labute approximate surface area is 170 Å². The Balaban J connectivity index is 1.57. The highest BCUT2D eigenvalue weighted by molar-refractivity contribution is 6.31. The van der Waals surface area contributed by atoms with Gasteiger partial charge in [0, 0.05) is 43.9 Å². The van der Waals surface area contributed by atoms with Crippen LogP contribution in [0.4, 0.5) is 5.69 Å². The van der Waals surface area contributed by atoms with Crippen LogP contribution in [0, 0.1) is 6.92 Å². The van der Waals surface area contributed by atoms with Gasteiger partial charge in [-0.15, -0.1) is 0 Å². The van der Waals surface area contributed by atoms with Crippen molar-refractivity contribution in [2.75, 3.05) is 32.1 Å². The standard InChI is InChI=1S/C20H27ClN4O3/c1-15-17(21)7-3-8-18(15)25-19(26)9-11-24-20(22-2)23-10-5-12-27-14-16-6-4-13-28-16/h3-4,6-8,13H,5,9-12,14H2,1-2H3,(H,25,26)(H2,22,23,24). The van der Waals surface area contributed by atoms with E-state index in [0.29, 0.717) is 43.7 Å². The predicted molar refractivity (Wildman–Crippen MR) is 112 cm³/mol. The monoisotopic (exact) mass is 406 g/mol. The molecule has 152 valence electrons. The van der Waals surface area contributed by atoms with Gasteiger partial charge < -0.3 is 25.1 Å². The van der Waals surface area contributed by atoms with Crippen molar-refractivity contribution in [2.45, 2.75) is 26.4 Å². The zero-order valence-electron chi connectivity index (χ0n) is 16.3. The van der Waals surface area contributed by atoms with Crippen LogP contribution in [0.15, 0.2) is 46.0 Å². The third kappa shape index (κ3) is 7.62. The Morgan fingerprint density at radius 1 is 1.21 bits per heavy atom. The number of furan rings is 1. The van der Waals surface area contributed by atoms with Crippen LogP contribution in [0.3, 0.4) is 0 Å². The van der Waals surface area contributed by atoms with Crippen molar-refractivity contribution in [3.05, 3.63) is 52.9 Å². The number of nitrogens with one attached hydrogen (secondary N) is 3. The van der Waals surface area contributed by atoms with Gasteiger partial charge in [-0.3, -0.25) is 9.79 Å². The van der Waals surface area contributed by atoms with Crippen LogP contribution in [0.1, 0.15) is 24.2 Å². The second-order valence-electron chi connectivity index (χ2n) is 6.12. The summed E-state index contributed by atoms with van der Waals surface area (Å²) >= 11 is 6.07. The molecule has 1 aromatic carbocycles. The molecule has 8 heteroatoms. The van der Waals surface area contributed by atoms with Crippen molar-refractivity contribution >= 4 is 29.2 Å². The number of carbonyl (C=O) groups is 1. The van der Waals surface area contributed by atoms with E-state index in [-0.39, 0.29) is 5.91 Å². The molecule has 0 saturated heterocycles. The van der Waals surface area contributed by atoms with Gasteiger partial charge in [0.1, 0.15) is 12.4 Å². The number of amides is 1. The summed E-state index contributed by atoms with van der Waals surface area (Å²) in [5, 5.41) is 9.82. The first kappa shape index (κ1) is 21.8. The number of guanidine groups is 1. The minimum atomic E-state index is -0.0837. The van der Waals surface area contributed by atoms with Crippen molar-refractivity contribution in [2.24, 2.45) is 4.99 Å². The third-order valence-electron chi connectivity index (χ3n) is 3.99. The zero-order valence-corrected chi connectivity index (χ0v) is 17.0. The number of nitrogens with zero attached hydrogens (tertiary/aromatic N) is 1. The number of hydrogen-bond donors (Lipinski definition) is 3. The topological polar surface area (TPSA) is 87.9 Å². The van der Waals surface area contributed by atoms with Gasteiger partial charge in [0.2, 0.25) is 5.91 Å². The van der Waals surface area contributed by atoms with Crippen LogP contribution < -0.4 is 16.0 Å². The molecule has 3 N–H and O–H groups in total. The average Bonchev–Trinajstić information content (AvgIpc) is 3.20. The molecule has 0 aliphatic rings. The van der Waals surface area contributed by atoms with Crippen LogP contribution in [0.25, 0.3) is 0 Å². The van der Waals surface area contributed by atoms with Crippen molar-refractivity contribution in [1.82, 2.24) is 10.6 Å². The van der Waals surface area contributed by atoms with Gasteiger partial charge in [0.25, 0.3) is 0 Å². The van der Waals surface area contributed by atoms with Gasteiger partial charge in [-0.2, -0.15) is 0 Å². The minimum Gasteiger partial charge on any atom is -0.467 e. The number of anilines is 1. The molecule has 0 unspecified atom stereocenters. The van der Waals surface area contributed by atoms with Crippen LogP contribution in [0.5, 0.6) is 0 Å². The van der Waals surface area contributed by atoms with Crippen LogP contribution in [-0.2, 0) is 16.1 Å². The van der Waals surface area contributed by atoms with E-state index in [9.17, 15) is 4.79 Å². The molecule has 0 saturated carbocycles. The highest BCUT2D eigenvalue weighted by Gasteiger charge is 2.07. The molecular formula is C20H27ClN4O3. The normalized spacial score (nSPS) is 11.3. The Morgan fingerprint density at radius 2 is 2.04 bits per heavy atom. The molecule has 1 aromatic heterocycles. The molecule has 7 nitrogen and oxygen atoms in total. The second kappa shape index (κ2) is 12.0. The average molecular weight is 407 g/mol. The van der Waals surface area contributed by atoms with Crippen molar-refractivity contribution in [3.8, 4) is 0 Å². The molecule has 1 heterocycles. The highest BCUT2D eigenvalue weighted by atomic mass is 35.5. The molecule has 0 aliphatic heterocycles. The lowest BCUT2D eigenvalue weighted by Gasteiger charge is -2.13. The molecule has 0 fully saturated rings. The largest absolute Gasteiger partial charge is 0.467 e. The summed E-state index contributed by atoms with van der Waals surface area (Å²) in [4.78, 5) is 16.2. The van der Waals surface area contributed by atoms with Crippen LogP contribution in [-0.4, -0.2) is 38.6 Å². The maximum atomic E-state index is 12.1. The van der Waals surface area contributed by atoms with E-state index >= 15 is 0 Å². The smallest absolute Gasteiger partial charge is 0.226 e. The number of ether oxygens (including phenoxy) is 1. The van der Waals surface area contributed by atoms with E-state index in [0.717, 1.165) is 23.4 Å². The fraction of sp³-hybridized carbons (Fsp3) is 0.400. The zero-order chi connectivity index (χ0) is 20.2. The summed E-state index contributed by atoms with van der Waals surface area (Å²) in [6.45, 7) is 4.15. The van der Waals surface area contributed by atoms with Gasteiger partial charge in [0.05, 0.1) is 6.26 Å². The van der Waals surface area contributed by atoms with Gasteiger partial charge in [-0.25, -0.2) is 0 Å². The van der Waals surface area contributed by atoms with E-state index in [1.807, 2.05) is 31.2 Å². The fourth-order valence-electron chi connectivity index (χ4n) is 2.42. The number of aliphatic imine (C=N–C) groups is 1. The summed E-state index contributed by atoms with van der Waals surface area (Å²) in [7, 11) is 1.69. The van der Waals surface area contributed by atoms with Crippen LogP contribution >= 0.6 is 11.6 Å². The number of benzene rings is 1. The number of halogens is 1. The molecule has 2 aromatic rings. The van der Waals surface area contributed by atoms with E-state index < -0.39 is 0 Å². The number of hydrogen-bond acceptors (Lipinski definition) is 4. The fourth-order valence-corrected chi connectivity index (χ4v) is 2.59. The van der Waals surface area contributed by atoms with Crippen molar-refractivity contribution in [3.63, 3.8) is 0 Å². The Hall–Kier alpha value is -2.51. The first-order valence-electron chi connectivity index (χ1n) is 9.19. The lowest BCUT2D eigenvalue weighted by atomic mass is 10.2. The number of rotatable bonds is 10. The Bertz CT molecular complexity index is 763. The molecule has 0 atom stereocenters. The van der Waals surface area contributed by atoms with Crippen molar-refractivity contribution in [1.29, 1.82) is 0 Å². The maximum Gasteiger partial charge on any atom is 0.226 e. The molecule has 0 radical (unpaired) electrons. The van der Waals surface area contributed by atoms with E-state index in [2.05, 4.69) is 20.9 Å². The SMILES string of the molecule is CN=C(NCCCOCc1ccco1)NCCC(=O)Nc1cccc(Cl)c1C. The minimum absolute atomic E-state index is 0.0837. The summed E-state index contributed by atoms with van der Waals surface area (Å²) in [6.07, 6.45) is 2.78. The summed E-state index contributed by atoms with van der Waals surface area (Å²) in [6, 6.07) is 9.17. The lowest BCUT2D eigenvalue weighted by Crippen LogP contribution is -2.39. The van der Waals surface area contributed by atoms with E-state index in [1.54, 1.807) is 19.4 Å². The highest BCUT2D eigenvalue weighted by Crippen LogP contribution is 2.22. The first-order chi connectivity index (χ1) is 13.6. The van der Waals surface area contributed by atoms with Crippen LogP contribution in [0.2, 0.25) is 5.02 Å². The third-order valence-corrected chi connectivity index (χ3v) is 4.40. The summed E-state index contributed by atoms with van der Waals surface area (Å²) in [5.41, 5.74) is 1.59. The molecular weight excluding hydrogens is 380 g/mol. The first-order valence-corrected chi connectivity index (χ1v) is 9.57. The van der Waals surface area contributed by atoms with E-state index in [1.165, 1.54) is 0 Å². The molecule has 28 heavy (non-hydrogen) atoms. The van der Waals surface area contributed by atoms with Gasteiger partial charge in [0.15, 0.2) is 5.96 Å². The van der Waals surface area contributed by atoms with Gasteiger partial charge >= 0.3 is 0 Å². The van der Waals surface area contributed by atoms with Crippen molar-refractivity contribution < 1.29 is 13.9 Å². The quantitative estimate of drug-likeness (QED) is 0.320. The van der Waals surface area contributed by atoms with Gasteiger partial charge in [-0.05, 0) is 43.2 Å². The Kier molecular flexibility index (Phi) is 9.37. The number of carbonyl (C=O) groups excluding carboxylic acids is 1. The predicted octanol–water partition coefficient (Wildman–Crippen LogP) is 3.34. The van der Waals surface area contributed by atoms with Gasteiger partial charge in [-0.1, -0.05) is 17.7 Å². The summed E-state index contributed by atoms with van der Waals surface area (Å²) < 4.78 is 10.7. The molecule has 0 spiro atoms. The molecule has 2 rings (SSSR count). The molecule has 0 bridgehead atoms. The summed E-state index contributed by atoms with van der Waals surface area (Å²) in [5.74, 6) is 1.38.